The Hall–Kier alpha value is -2.55. The number of nitrogens with zero attached hydrogens (tertiary/aromatic N) is 1. The molecule has 0 spiro atoms. The fourth-order valence-corrected chi connectivity index (χ4v) is 4.11. The van der Waals surface area contributed by atoms with E-state index in [1.165, 1.54) is 23.4 Å². The standard InChI is InChI=1S/C19H14F5N2OS/c1-11-26(16(17(20)21)18(28-11)25-10-27)15-5-3-2-4-14(15)12-6-8-13(9-7-12)19(22,23)24/h2-9,11,17H,1H3,(H,25,27). The van der Waals surface area contributed by atoms with Gasteiger partial charge < -0.3 is 10.2 Å². The van der Waals surface area contributed by atoms with Crippen LogP contribution in [0.1, 0.15) is 12.5 Å². The van der Waals surface area contributed by atoms with Crippen LogP contribution in [0.25, 0.3) is 11.1 Å². The molecule has 3 nitrogen and oxygen atoms in total. The van der Waals surface area contributed by atoms with Gasteiger partial charge in [0.05, 0.1) is 16.6 Å². The number of amides is 1. The van der Waals surface area contributed by atoms with E-state index in [2.05, 4.69) is 5.32 Å². The van der Waals surface area contributed by atoms with Crippen LogP contribution in [-0.2, 0) is 11.0 Å². The lowest BCUT2D eigenvalue weighted by atomic mass is 10.0. The molecule has 28 heavy (non-hydrogen) atoms. The Kier molecular flexibility index (Phi) is 5.64. The Balaban J connectivity index is 2.08. The molecule has 2 aromatic carbocycles. The van der Waals surface area contributed by atoms with Gasteiger partial charge in [-0.3, -0.25) is 4.79 Å². The molecule has 0 saturated carbocycles. The fraction of sp³-hybridized carbons (Fsp3) is 0.211. The van der Waals surface area contributed by atoms with Crippen molar-refractivity contribution in [3.8, 4) is 11.1 Å². The van der Waals surface area contributed by atoms with Crippen LogP contribution in [0.5, 0.6) is 0 Å². The average Bonchev–Trinajstić information content (AvgIpc) is 2.97. The van der Waals surface area contributed by atoms with Crippen molar-refractivity contribution >= 4 is 23.9 Å². The van der Waals surface area contributed by atoms with E-state index in [0.29, 0.717) is 16.8 Å². The number of anilines is 1. The van der Waals surface area contributed by atoms with Crippen LogP contribution in [0.4, 0.5) is 27.6 Å². The summed E-state index contributed by atoms with van der Waals surface area (Å²) in [6, 6.07) is 11.1. The summed E-state index contributed by atoms with van der Waals surface area (Å²) < 4.78 is 65.9. The van der Waals surface area contributed by atoms with Crippen LogP contribution in [0, 0.1) is 0 Å². The second-order valence-corrected chi connectivity index (χ2v) is 7.25. The summed E-state index contributed by atoms with van der Waals surface area (Å²) in [5.74, 6) is 0. The van der Waals surface area contributed by atoms with Gasteiger partial charge in [-0.15, -0.1) is 0 Å². The van der Waals surface area contributed by atoms with Crippen molar-refractivity contribution in [1.82, 2.24) is 5.32 Å². The van der Waals surface area contributed by atoms with Gasteiger partial charge in [0.1, 0.15) is 10.7 Å². The molecule has 1 aliphatic heterocycles. The minimum Gasteiger partial charge on any atom is -0.325 e. The van der Waals surface area contributed by atoms with Gasteiger partial charge in [-0.25, -0.2) is 8.78 Å². The Labute approximate surface area is 162 Å². The number of allylic oxidation sites excluding steroid dienone is 1. The van der Waals surface area contributed by atoms with Crippen molar-refractivity contribution in [2.45, 2.75) is 24.9 Å². The Morgan fingerprint density at radius 1 is 1.11 bits per heavy atom. The van der Waals surface area contributed by atoms with Crippen molar-refractivity contribution in [1.29, 1.82) is 0 Å². The first-order valence-electron chi connectivity index (χ1n) is 8.12. The normalized spacial score (nSPS) is 17.4. The highest BCUT2D eigenvalue weighted by atomic mass is 32.2. The average molecular weight is 413 g/mol. The predicted octanol–water partition coefficient (Wildman–Crippen LogP) is 5.36. The maximum Gasteiger partial charge on any atom is 0.416 e. The monoisotopic (exact) mass is 413 g/mol. The summed E-state index contributed by atoms with van der Waals surface area (Å²) in [7, 11) is 0. The molecule has 0 bridgehead atoms. The molecule has 3 rings (SSSR count). The minimum atomic E-state index is -4.46. The quantitative estimate of drug-likeness (QED) is 0.529. The number of nitrogens with one attached hydrogen (secondary N) is 1. The van der Waals surface area contributed by atoms with Crippen molar-refractivity contribution in [3.05, 3.63) is 64.8 Å². The molecule has 9 heteroatoms. The summed E-state index contributed by atoms with van der Waals surface area (Å²) in [5, 5.41) is 1.72. The number of alkyl halides is 5. The summed E-state index contributed by atoms with van der Waals surface area (Å²) in [5.41, 5.74) is 0.191. The maximum atomic E-state index is 13.7. The zero-order valence-electron chi connectivity index (χ0n) is 14.4. The van der Waals surface area contributed by atoms with Crippen molar-refractivity contribution < 1.29 is 26.7 Å². The van der Waals surface area contributed by atoms with E-state index in [1.54, 1.807) is 31.2 Å². The van der Waals surface area contributed by atoms with Gasteiger partial charge in [0.2, 0.25) is 0 Å². The lowest BCUT2D eigenvalue weighted by Crippen LogP contribution is -2.30. The zero-order chi connectivity index (χ0) is 20.5. The van der Waals surface area contributed by atoms with E-state index in [1.807, 2.05) is 0 Å². The third kappa shape index (κ3) is 3.84. The number of rotatable bonds is 5. The van der Waals surface area contributed by atoms with Crippen LogP contribution in [0.2, 0.25) is 0 Å². The molecule has 1 atom stereocenters. The first-order valence-corrected chi connectivity index (χ1v) is 9.00. The highest BCUT2D eigenvalue weighted by Crippen LogP contribution is 2.45. The summed E-state index contributed by atoms with van der Waals surface area (Å²) in [6.07, 6.45) is -5.92. The molecule has 0 aromatic heterocycles. The third-order valence-electron chi connectivity index (χ3n) is 4.20. The lowest BCUT2D eigenvalue weighted by Gasteiger charge is -2.28. The maximum absolute atomic E-state index is 13.7. The van der Waals surface area contributed by atoms with Crippen LogP contribution < -0.4 is 10.2 Å². The number of para-hydroxylation sites is 1. The van der Waals surface area contributed by atoms with Crippen LogP contribution in [0.3, 0.4) is 0 Å². The van der Waals surface area contributed by atoms with Crippen molar-refractivity contribution in [2.75, 3.05) is 4.90 Å². The number of hydrogen-bond acceptors (Lipinski definition) is 3. The van der Waals surface area contributed by atoms with Gasteiger partial charge in [-0.1, -0.05) is 42.1 Å². The SMILES string of the molecule is CC1SC(N[C]=O)=C(C(F)F)N1c1ccccc1-c1ccc(C(F)(F)F)cc1. The lowest BCUT2D eigenvalue weighted by molar-refractivity contribution is -0.137. The van der Waals surface area contributed by atoms with E-state index in [0.717, 1.165) is 23.9 Å². The van der Waals surface area contributed by atoms with Gasteiger partial charge in [-0.05, 0) is 30.7 Å². The molecule has 1 amide bonds. The molecule has 1 heterocycles. The fourth-order valence-electron chi connectivity index (χ4n) is 3.03. The van der Waals surface area contributed by atoms with Crippen LogP contribution in [0.15, 0.2) is 59.3 Å². The molecule has 1 aliphatic rings. The second-order valence-electron chi connectivity index (χ2n) is 5.92. The number of halogens is 5. The van der Waals surface area contributed by atoms with Gasteiger partial charge in [0.25, 0.3) is 6.43 Å². The molecule has 1 unspecified atom stereocenters. The van der Waals surface area contributed by atoms with E-state index in [-0.39, 0.29) is 10.7 Å². The van der Waals surface area contributed by atoms with Crippen molar-refractivity contribution in [3.63, 3.8) is 0 Å². The molecular weight excluding hydrogens is 399 g/mol. The molecule has 1 radical (unpaired) electrons. The van der Waals surface area contributed by atoms with E-state index < -0.39 is 23.5 Å². The van der Waals surface area contributed by atoms with E-state index in [4.69, 9.17) is 0 Å². The summed E-state index contributed by atoms with van der Waals surface area (Å²) in [4.78, 5) is 12.0. The number of hydrogen-bond donors (Lipinski definition) is 1. The summed E-state index contributed by atoms with van der Waals surface area (Å²) in [6.45, 7) is 1.69. The smallest absolute Gasteiger partial charge is 0.325 e. The van der Waals surface area contributed by atoms with Gasteiger partial charge in [-0.2, -0.15) is 13.2 Å². The molecular formula is C19H14F5N2OS. The molecule has 1 N–H and O–H groups in total. The van der Waals surface area contributed by atoms with E-state index >= 15 is 0 Å². The van der Waals surface area contributed by atoms with Crippen LogP contribution >= 0.6 is 11.8 Å². The molecule has 0 saturated heterocycles. The summed E-state index contributed by atoms with van der Waals surface area (Å²) >= 11 is 1.04. The number of carbonyl (C=O) groups excluding carboxylic acids is 1. The van der Waals surface area contributed by atoms with Gasteiger partial charge >= 0.3 is 12.6 Å². The van der Waals surface area contributed by atoms with Gasteiger partial charge in [0, 0.05) is 5.56 Å². The van der Waals surface area contributed by atoms with Gasteiger partial charge in [0.15, 0.2) is 0 Å². The molecule has 0 aliphatic carbocycles. The Bertz CT molecular complexity index is 896. The first kappa shape index (κ1) is 20.2. The highest BCUT2D eigenvalue weighted by Gasteiger charge is 2.37. The molecule has 147 valence electrons. The number of thioether (sulfide) groups is 1. The predicted molar refractivity (Wildman–Crippen MR) is 98.3 cm³/mol. The van der Waals surface area contributed by atoms with E-state index in [9.17, 15) is 26.7 Å². The Morgan fingerprint density at radius 3 is 2.32 bits per heavy atom. The second kappa shape index (κ2) is 7.83. The minimum absolute atomic E-state index is 0.000257. The Morgan fingerprint density at radius 2 is 1.75 bits per heavy atom. The number of benzene rings is 2. The van der Waals surface area contributed by atoms with Crippen LogP contribution in [-0.4, -0.2) is 18.2 Å². The first-order chi connectivity index (χ1) is 13.2. The van der Waals surface area contributed by atoms with Crippen molar-refractivity contribution in [2.24, 2.45) is 0 Å². The zero-order valence-corrected chi connectivity index (χ0v) is 15.2. The third-order valence-corrected chi connectivity index (χ3v) is 5.30. The molecule has 2 aromatic rings. The molecule has 0 fully saturated rings. The largest absolute Gasteiger partial charge is 0.416 e. The topological polar surface area (TPSA) is 32.3 Å². The highest BCUT2D eigenvalue weighted by molar-refractivity contribution is 8.04.